The lowest BCUT2D eigenvalue weighted by Gasteiger charge is -2.55. The van der Waals surface area contributed by atoms with Gasteiger partial charge in [0.15, 0.2) is 0 Å². The number of rotatable bonds is 5. The lowest BCUT2D eigenvalue weighted by atomic mass is 9.49. The van der Waals surface area contributed by atoms with Gasteiger partial charge in [-0.2, -0.15) is 0 Å². The van der Waals surface area contributed by atoms with Gasteiger partial charge in [0, 0.05) is 7.85 Å². The van der Waals surface area contributed by atoms with Crippen LogP contribution in [0.3, 0.4) is 0 Å². The third kappa shape index (κ3) is 3.44. The molecule has 2 aliphatic rings. The summed E-state index contributed by atoms with van der Waals surface area (Å²) in [5.74, 6) is 0.0805. The average molecular weight is 345 g/mol. The number of nitrogens with two attached hydrogens (primary N) is 1. The van der Waals surface area contributed by atoms with Crippen LogP contribution in [0.5, 0.6) is 0 Å². The standard InChI is InChI=1S/C21H29NO3.H2/c1-3-20(13-18(22)23)10-15-9-16(19(24)25-2)12-21(11-15,14-20)17-7-5-4-6-8-17;/h4-8,15-16H,3,9-14H2,1-2H3,(H2,22,23);1H. The molecule has 0 spiro atoms. The van der Waals surface area contributed by atoms with Gasteiger partial charge < -0.3 is 10.5 Å². The summed E-state index contributed by atoms with van der Waals surface area (Å²) >= 11 is 0. The van der Waals surface area contributed by atoms with Crippen molar-refractivity contribution in [1.82, 2.24) is 0 Å². The summed E-state index contributed by atoms with van der Waals surface area (Å²) in [6, 6.07) is 10.5. The van der Waals surface area contributed by atoms with Crippen molar-refractivity contribution in [2.24, 2.45) is 23.0 Å². The molecule has 2 N–H and O–H groups in total. The van der Waals surface area contributed by atoms with E-state index in [1.807, 2.05) is 6.07 Å². The van der Waals surface area contributed by atoms with Crippen LogP contribution >= 0.6 is 0 Å². The topological polar surface area (TPSA) is 69.4 Å². The van der Waals surface area contributed by atoms with Crippen LogP contribution in [-0.2, 0) is 19.7 Å². The minimum absolute atomic E-state index is 0. The van der Waals surface area contributed by atoms with E-state index in [0.717, 1.165) is 38.5 Å². The summed E-state index contributed by atoms with van der Waals surface area (Å²) < 4.78 is 5.07. The second kappa shape index (κ2) is 6.81. The second-order valence-electron chi connectivity index (χ2n) is 8.25. The zero-order valence-electron chi connectivity index (χ0n) is 15.3. The van der Waals surface area contributed by atoms with Gasteiger partial charge in [0.05, 0.1) is 13.0 Å². The molecule has 1 aromatic carbocycles. The molecule has 0 aromatic heterocycles. The van der Waals surface area contributed by atoms with Crippen LogP contribution in [0.15, 0.2) is 30.3 Å². The number of primary amides is 1. The highest BCUT2D eigenvalue weighted by Gasteiger charge is 2.53. The Kier molecular flexibility index (Phi) is 4.90. The number of fused-ring (bicyclic) bond motifs is 2. The molecule has 4 heteroatoms. The molecule has 2 aliphatic carbocycles. The number of methoxy groups -OCH3 is 1. The van der Waals surface area contributed by atoms with Crippen molar-refractivity contribution in [2.45, 2.75) is 57.3 Å². The van der Waals surface area contributed by atoms with Crippen LogP contribution < -0.4 is 5.73 Å². The van der Waals surface area contributed by atoms with Crippen molar-refractivity contribution < 1.29 is 15.8 Å². The Labute approximate surface area is 151 Å². The maximum Gasteiger partial charge on any atom is 0.308 e. The largest absolute Gasteiger partial charge is 0.469 e. The Morgan fingerprint density at radius 3 is 2.56 bits per heavy atom. The maximum absolute atomic E-state index is 12.3. The molecule has 2 saturated carbocycles. The highest BCUT2D eigenvalue weighted by Crippen LogP contribution is 2.60. The minimum Gasteiger partial charge on any atom is -0.469 e. The number of carbonyl (C=O) groups excluding carboxylic acids is 2. The summed E-state index contributed by atoms with van der Waals surface area (Å²) in [5.41, 5.74) is 6.78. The first-order valence-corrected chi connectivity index (χ1v) is 9.34. The number of ether oxygens (including phenoxy) is 1. The summed E-state index contributed by atoms with van der Waals surface area (Å²) in [5, 5.41) is 0. The Morgan fingerprint density at radius 2 is 1.96 bits per heavy atom. The Bertz CT molecular complexity index is 650. The van der Waals surface area contributed by atoms with Gasteiger partial charge in [-0.1, -0.05) is 37.3 Å². The molecular weight excluding hydrogens is 314 g/mol. The summed E-state index contributed by atoms with van der Waals surface area (Å²) in [7, 11) is 1.48. The van der Waals surface area contributed by atoms with Crippen LogP contribution in [-0.4, -0.2) is 19.0 Å². The molecule has 2 fully saturated rings. The van der Waals surface area contributed by atoms with Crippen molar-refractivity contribution in [1.29, 1.82) is 0 Å². The van der Waals surface area contributed by atoms with Crippen LogP contribution in [0.2, 0.25) is 0 Å². The Hall–Kier alpha value is -1.84. The van der Waals surface area contributed by atoms with Crippen LogP contribution in [0, 0.1) is 17.3 Å². The van der Waals surface area contributed by atoms with E-state index in [-0.39, 0.29) is 30.1 Å². The van der Waals surface area contributed by atoms with Gasteiger partial charge in [0.1, 0.15) is 0 Å². The number of benzene rings is 1. The monoisotopic (exact) mass is 345 g/mol. The maximum atomic E-state index is 12.3. The fourth-order valence-electron chi connectivity index (χ4n) is 5.75. The molecule has 1 aromatic rings. The second-order valence-corrected chi connectivity index (χ2v) is 8.25. The van der Waals surface area contributed by atoms with Crippen molar-refractivity contribution >= 4 is 11.9 Å². The van der Waals surface area contributed by atoms with Gasteiger partial charge in [0.25, 0.3) is 0 Å². The van der Waals surface area contributed by atoms with E-state index in [4.69, 9.17) is 10.5 Å². The van der Waals surface area contributed by atoms with Crippen LogP contribution in [0.4, 0.5) is 0 Å². The zero-order valence-corrected chi connectivity index (χ0v) is 15.3. The number of hydrogen-bond donors (Lipinski definition) is 1. The molecule has 4 atom stereocenters. The number of amides is 1. The fraction of sp³-hybridized carbons (Fsp3) is 0.619. The molecule has 4 nitrogen and oxygen atoms in total. The van der Waals surface area contributed by atoms with E-state index in [1.54, 1.807) is 0 Å². The third-order valence-corrected chi connectivity index (χ3v) is 6.59. The Morgan fingerprint density at radius 1 is 1.24 bits per heavy atom. The highest BCUT2D eigenvalue weighted by molar-refractivity contribution is 5.75. The van der Waals surface area contributed by atoms with Gasteiger partial charge in [-0.3, -0.25) is 9.59 Å². The lowest BCUT2D eigenvalue weighted by Crippen LogP contribution is -2.50. The summed E-state index contributed by atoms with van der Waals surface area (Å²) in [6.45, 7) is 2.17. The van der Waals surface area contributed by atoms with E-state index in [9.17, 15) is 9.59 Å². The molecule has 25 heavy (non-hydrogen) atoms. The first-order chi connectivity index (χ1) is 11.9. The third-order valence-electron chi connectivity index (χ3n) is 6.59. The van der Waals surface area contributed by atoms with Crippen molar-refractivity contribution in [2.75, 3.05) is 7.11 Å². The predicted octanol–water partition coefficient (Wildman–Crippen LogP) is 3.83. The first kappa shape index (κ1) is 18.0. The molecule has 0 aliphatic heterocycles. The first-order valence-electron chi connectivity index (χ1n) is 9.34. The van der Waals surface area contributed by atoms with E-state index >= 15 is 0 Å². The molecule has 0 saturated heterocycles. The van der Waals surface area contributed by atoms with Gasteiger partial charge in [-0.15, -0.1) is 0 Å². The predicted molar refractivity (Wildman–Crippen MR) is 98.9 cm³/mol. The smallest absolute Gasteiger partial charge is 0.308 e. The SMILES string of the molecule is CCC1(CC(N)=O)CC2CC(C(=O)OC)CC(c3ccccc3)(C2)C1.[HH]. The molecule has 1 amide bonds. The molecular formula is C21H31NO3. The summed E-state index contributed by atoms with van der Waals surface area (Å²) in [4.78, 5) is 24.0. The van der Waals surface area contributed by atoms with Crippen LogP contribution in [0.1, 0.15) is 58.9 Å². The lowest BCUT2D eigenvalue weighted by molar-refractivity contribution is -0.150. The molecule has 0 radical (unpaired) electrons. The fourth-order valence-corrected chi connectivity index (χ4v) is 5.75. The molecule has 2 bridgehead atoms. The normalized spacial score (nSPS) is 34.3. The van der Waals surface area contributed by atoms with Gasteiger partial charge >= 0.3 is 5.97 Å². The Balaban J connectivity index is 0.00000243. The molecule has 4 unspecified atom stereocenters. The van der Waals surface area contributed by atoms with E-state index in [1.165, 1.54) is 12.7 Å². The zero-order chi connectivity index (χ0) is 18.1. The summed E-state index contributed by atoms with van der Waals surface area (Å²) in [6.07, 6.45) is 6.05. The number of hydrogen-bond acceptors (Lipinski definition) is 3. The van der Waals surface area contributed by atoms with Gasteiger partial charge in [-0.05, 0) is 60.8 Å². The quantitative estimate of drug-likeness (QED) is 0.825. The van der Waals surface area contributed by atoms with Gasteiger partial charge in [0.2, 0.25) is 5.91 Å². The van der Waals surface area contributed by atoms with Crippen molar-refractivity contribution in [3.63, 3.8) is 0 Å². The van der Waals surface area contributed by atoms with Crippen molar-refractivity contribution in [3.8, 4) is 0 Å². The van der Waals surface area contributed by atoms with Crippen molar-refractivity contribution in [3.05, 3.63) is 35.9 Å². The molecule has 138 valence electrons. The van der Waals surface area contributed by atoms with Gasteiger partial charge in [-0.25, -0.2) is 0 Å². The highest BCUT2D eigenvalue weighted by atomic mass is 16.5. The minimum atomic E-state index is -0.213. The van der Waals surface area contributed by atoms with E-state index in [2.05, 4.69) is 31.2 Å². The van der Waals surface area contributed by atoms with E-state index in [0.29, 0.717) is 12.3 Å². The number of carbonyl (C=O) groups is 2. The molecule has 3 rings (SSSR count). The molecule has 0 heterocycles. The van der Waals surface area contributed by atoms with E-state index < -0.39 is 0 Å². The average Bonchev–Trinajstić information content (AvgIpc) is 2.60. The van der Waals surface area contributed by atoms with Crippen LogP contribution in [0.25, 0.3) is 0 Å². The number of esters is 1.